The fraction of sp³-hybridized carbons (Fsp3) is 0. The van der Waals surface area contributed by atoms with Gasteiger partial charge in [0.25, 0.3) is 15.9 Å². The van der Waals surface area contributed by atoms with Crippen LogP contribution >= 0.6 is 11.3 Å². The zero-order valence-corrected chi connectivity index (χ0v) is 11.4. The lowest BCUT2D eigenvalue weighted by molar-refractivity contribution is 0.0691. The van der Waals surface area contributed by atoms with E-state index in [0.29, 0.717) is 0 Å². The van der Waals surface area contributed by atoms with E-state index in [-0.39, 0.29) is 21.2 Å². The largest absolute Gasteiger partial charge is 0.477 e. The van der Waals surface area contributed by atoms with Crippen LogP contribution in [0.4, 0.5) is 5.00 Å². The van der Waals surface area contributed by atoms with E-state index in [1.54, 1.807) is 0 Å². The van der Waals surface area contributed by atoms with Crippen molar-refractivity contribution >= 4 is 38.2 Å². The van der Waals surface area contributed by atoms with E-state index in [1.807, 2.05) is 0 Å². The molecule has 10 heteroatoms. The smallest absolute Gasteiger partial charge is 0.352 e. The molecule has 0 bridgehead atoms. The summed E-state index contributed by atoms with van der Waals surface area (Å²) in [5, 5.41) is 10.3. The third-order valence-electron chi connectivity index (χ3n) is 2.35. The number of aromatic amines is 1. The summed E-state index contributed by atoms with van der Waals surface area (Å²) in [5.41, 5.74) is 4.90. The minimum absolute atomic E-state index is 0.0487. The Bertz CT molecular complexity index is 774. The van der Waals surface area contributed by atoms with Crippen LogP contribution in [0.1, 0.15) is 20.8 Å². The number of thiophene rings is 1. The Labute approximate surface area is 117 Å². The van der Waals surface area contributed by atoms with Crippen molar-refractivity contribution in [2.75, 3.05) is 4.72 Å². The number of nitrogens with two attached hydrogens (primary N) is 1. The summed E-state index contributed by atoms with van der Waals surface area (Å²) in [6, 6.07) is 2.37. The molecule has 0 unspecified atom stereocenters. The zero-order valence-electron chi connectivity index (χ0n) is 9.78. The van der Waals surface area contributed by atoms with Gasteiger partial charge in [-0.2, -0.15) is 0 Å². The van der Waals surface area contributed by atoms with Crippen LogP contribution in [0.15, 0.2) is 28.6 Å². The van der Waals surface area contributed by atoms with E-state index in [9.17, 15) is 18.0 Å². The summed E-state index contributed by atoms with van der Waals surface area (Å²) in [6.07, 6.45) is 1.04. The number of nitrogens with one attached hydrogen (secondary N) is 2. The number of carboxylic acids is 1. The van der Waals surface area contributed by atoms with Crippen molar-refractivity contribution in [1.82, 2.24) is 4.98 Å². The Morgan fingerprint density at radius 2 is 2.10 bits per heavy atom. The molecule has 8 nitrogen and oxygen atoms in total. The molecule has 20 heavy (non-hydrogen) atoms. The molecular formula is C10H9N3O5S2. The summed E-state index contributed by atoms with van der Waals surface area (Å²) in [6.45, 7) is 0. The molecular weight excluding hydrogens is 306 g/mol. The van der Waals surface area contributed by atoms with Crippen molar-refractivity contribution in [3.8, 4) is 0 Å². The Morgan fingerprint density at radius 3 is 2.65 bits per heavy atom. The summed E-state index contributed by atoms with van der Waals surface area (Å²) in [7, 11) is -3.99. The SMILES string of the molecule is NC(=O)c1ccsc1NS(=O)(=O)c1c[nH]c(C(=O)O)c1. The van der Waals surface area contributed by atoms with Crippen molar-refractivity contribution < 1.29 is 23.1 Å². The monoisotopic (exact) mass is 315 g/mol. The number of hydrogen-bond donors (Lipinski definition) is 4. The van der Waals surface area contributed by atoms with Gasteiger partial charge in [-0.25, -0.2) is 13.2 Å². The van der Waals surface area contributed by atoms with Crippen LogP contribution in [0.5, 0.6) is 0 Å². The van der Waals surface area contributed by atoms with Gasteiger partial charge in [-0.15, -0.1) is 11.3 Å². The summed E-state index contributed by atoms with van der Waals surface area (Å²) in [5.74, 6) is -2.04. The molecule has 0 radical (unpaired) electrons. The van der Waals surface area contributed by atoms with Gasteiger partial charge in [0.05, 0.1) is 5.56 Å². The van der Waals surface area contributed by atoms with Crippen LogP contribution in [0.3, 0.4) is 0 Å². The maximum Gasteiger partial charge on any atom is 0.352 e. The van der Waals surface area contributed by atoms with Gasteiger partial charge in [-0.05, 0) is 17.5 Å². The molecule has 0 spiro atoms. The van der Waals surface area contributed by atoms with Crippen LogP contribution in [0, 0.1) is 0 Å². The van der Waals surface area contributed by atoms with Gasteiger partial charge in [-0.3, -0.25) is 9.52 Å². The van der Waals surface area contributed by atoms with Gasteiger partial charge in [0.1, 0.15) is 15.6 Å². The highest BCUT2D eigenvalue weighted by molar-refractivity contribution is 7.93. The average molecular weight is 315 g/mol. The molecule has 106 valence electrons. The maximum atomic E-state index is 12.0. The molecule has 0 saturated heterocycles. The standard InChI is InChI=1S/C10H9N3O5S2/c11-8(14)6-1-2-19-9(6)13-20(17,18)5-3-7(10(15)16)12-4-5/h1-4,12-13H,(H2,11,14)(H,15,16). The number of hydrogen-bond acceptors (Lipinski definition) is 5. The lowest BCUT2D eigenvalue weighted by Gasteiger charge is -2.05. The second-order valence-corrected chi connectivity index (χ2v) is 6.29. The van der Waals surface area contributed by atoms with E-state index in [0.717, 1.165) is 23.6 Å². The van der Waals surface area contributed by atoms with Crippen molar-refractivity contribution in [3.05, 3.63) is 35.0 Å². The minimum Gasteiger partial charge on any atom is -0.477 e. The predicted molar refractivity (Wildman–Crippen MR) is 71.4 cm³/mol. The molecule has 0 aromatic carbocycles. The Balaban J connectivity index is 2.33. The van der Waals surface area contributed by atoms with Crippen LogP contribution in [0.2, 0.25) is 0 Å². The number of aromatic carboxylic acids is 1. The lowest BCUT2D eigenvalue weighted by atomic mass is 10.3. The van der Waals surface area contributed by atoms with Crippen LogP contribution in [-0.2, 0) is 10.0 Å². The quantitative estimate of drug-likeness (QED) is 0.641. The summed E-state index contributed by atoms with van der Waals surface area (Å²) in [4.78, 5) is 23.9. The van der Waals surface area contributed by atoms with Gasteiger partial charge in [0.15, 0.2) is 0 Å². The summed E-state index contributed by atoms with van der Waals surface area (Å²) >= 11 is 0.995. The van der Waals surface area contributed by atoms with Crippen molar-refractivity contribution in [1.29, 1.82) is 0 Å². The van der Waals surface area contributed by atoms with E-state index in [1.165, 1.54) is 11.4 Å². The Morgan fingerprint density at radius 1 is 1.40 bits per heavy atom. The molecule has 2 aromatic rings. The molecule has 0 aliphatic heterocycles. The number of carboxylic acid groups (broad SMARTS) is 1. The van der Waals surface area contributed by atoms with Crippen molar-refractivity contribution in [2.45, 2.75) is 4.90 Å². The molecule has 0 atom stereocenters. The molecule has 2 rings (SSSR count). The molecule has 2 aromatic heterocycles. The predicted octanol–water partition coefficient (Wildman–Crippen LogP) is 0.674. The fourth-order valence-electron chi connectivity index (χ4n) is 1.42. The first-order valence-corrected chi connectivity index (χ1v) is 7.49. The highest BCUT2D eigenvalue weighted by atomic mass is 32.2. The van der Waals surface area contributed by atoms with Gasteiger partial charge in [0, 0.05) is 6.20 Å². The van der Waals surface area contributed by atoms with E-state index in [2.05, 4.69) is 9.71 Å². The number of rotatable bonds is 5. The van der Waals surface area contributed by atoms with Gasteiger partial charge >= 0.3 is 5.97 Å². The fourth-order valence-corrected chi connectivity index (χ4v) is 3.53. The molecule has 0 fully saturated rings. The minimum atomic E-state index is -3.99. The van der Waals surface area contributed by atoms with Crippen molar-refractivity contribution in [3.63, 3.8) is 0 Å². The number of H-pyrrole nitrogens is 1. The second-order valence-electron chi connectivity index (χ2n) is 3.69. The van der Waals surface area contributed by atoms with Gasteiger partial charge in [0.2, 0.25) is 0 Å². The molecule has 1 amide bonds. The van der Waals surface area contributed by atoms with Gasteiger partial charge < -0.3 is 15.8 Å². The number of primary amides is 1. The van der Waals surface area contributed by atoms with Crippen LogP contribution in [-0.4, -0.2) is 30.4 Å². The topological polar surface area (TPSA) is 142 Å². The van der Waals surface area contributed by atoms with Crippen LogP contribution in [0.25, 0.3) is 0 Å². The Kier molecular flexibility index (Phi) is 3.51. The molecule has 0 aliphatic carbocycles. The van der Waals surface area contributed by atoms with Gasteiger partial charge in [-0.1, -0.05) is 0 Å². The highest BCUT2D eigenvalue weighted by Gasteiger charge is 2.21. The van der Waals surface area contributed by atoms with Crippen LogP contribution < -0.4 is 10.5 Å². The molecule has 2 heterocycles. The lowest BCUT2D eigenvalue weighted by Crippen LogP contribution is -2.16. The third kappa shape index (κ3) is 2.65. The van der Waals surface area contributed by atoms with E-state index >= 15 is 0 Å². The number of anilines is 1. The first-order valence-electron chi connectivity index (χ1n) is 5.13. The first kappa shape index (κ1) is 14.1. The van der Waals surface area contributed by atoms with E-state index in [4.69, 9.17) is 10.8 Å². The highest BCUT2D eigenvalue weighted by Crippen LogP contribution is 2.26. The third-order valence-corrected chi connectivity index (χ3v) is 4.64. The van der Waals surface area contributed by atoms with Crippen molar-refractivity contribution in [2.24, 2.45) is 5.73 Å². The summed E-state index contributed by atoms with van der Waals surface area (Å²) < 4.78 is 26.3. The number of carbonyl (C=O) groups is 2. The average Bonchev–Trinajstić information content (AvgIpc) is 2.95. The molecule has 0 aliphatic rings. The second kappa shape index (κ2) is 4.98. The molecule has 0 saturated carbocycles. The first-order chi connectivity index (χ1) is 9.31. The Hall–Kier alpha value is -2.33. The number of sulfonamides is 1. The maximum absolute atomic E-state index is 12.0. The number of amides is 1. The zero-order chi connectivity index (χ0) is 14.9. The molecule has 5 N–H and O–H groups in total. The number of aromatic nitrogens is 1. The normalized spacial score (nSPS) is 11.2. The van der Waals surface area contributed by atoms with E-state index < -0.39 is 21.9 Å². The number of carbonyl (C=O) groups excluding carboxylic acids is 1.